The number of hydrogen-bond donors (Lipinski definition) is 1. The molecule has 0 atom stereocenters. The van der Waals surface area contributed by atoms with Crippen molar-refractivity contribution in [1.29, 1.82) is 0 Å². The summed E-state index contributed by atoms with van der Waals surface area (Å²) < 4.78 is 42.5. The van der Waals surface area contributed by atoms with Crippen LogP contribution in [0.4, 0.5) is 19.0 Å². The van der Waals surface area contributed by atoms with E-state index in [0.717, 1.165) is 23.9 Å². The monoisotopic (exact) mass is 260 g/mol. The lowest BCUT2D eigenvalue weighted by Gasteiger charge is -2.04. The average molecular weight is 260 g/mol. The molecule has 0 spiro atoms. The molecule has 0 aromatic carbocycles. The highest BCUT2D eigenvalue weighted by Crippen LogP contribution is 2.29. The van der Waals surface area contributed by atoms with Crippen LogP contribution in [0.15, 0.2) is 12.3 Å². The second kappa shape index (κ2) is 3.86. The fourth-order valence-corrected chi connectivity index (χ4v) is 1.36. The Bertz CT molecular complexity index is 620. The van der Waals surface area contributed by atoms with Crippen LogP contribution < -0.4 is 5.73 Å². The molecule has 0 saturated heterocycles. The Kier molecular flexibility index (Phi) is 2.60. The molecule has 2 heterocycles. The molecule has 6 nitrogen and oxygen atoms in total. The largest absolute Gasteiger partial charge is 0.465 e. The zero-order chi connectivity index (χ0) is 13.5. The van der Waals surface area contributed by atoms with E-state index in [0.29, 0.717) is 0 Å². The van der Waals surface area contributed by atoms with Crippen LogP contribution in [0.25, 0.3) is 5.65 Å². The Hall–Kier alpha value is -2.32. The molecule has 2 N–H and O–H groups in total. The highest BCUT2D eigenvalue weighted by Gasteiger charge is 2.34. The molecule has 0 bridgehead atoms. The summed E-state index contributed by atoms with van der Waals surface area (Å²) in [5.74, 6) is -1.06. The van der Waals surface area contributed by atoms with Gasteiger partial charge in [0.25, 0.3) is 0 Å². The molecule has 96 valence electrons. The molecule has 0 amide bonds. The zero-order valence-electron chi connectivity index (χ0n) is 9.02. The van der Waals surface area contributed by atoms with Gasteiger partial charge in [-0.1, -0.05) is 0 Å². The smallest absolute Gasteiger partial charge is 0.435 e. The number of rotatable bonds is 1. The van der Waals surface area contributed by atoms with E-state index in [1.54, 1.807) is 0 Å². The van der Waals surface area contributed by atoms with Gasteiger partial charge in [0.05, 0.1) is 7.11 Å². The number of fused-ring (bicyclic) bond motifs is 1. The Morgan fingerprint density at radius 3 is 2.72 bits per heavy atom. The number of halogens is 3. The van der Waals surface area contributed by atoms with Gasteiger partial charge in [-0.05, 0) is 0 Å². The summed E-state index contributed by atoms with van der Waals surface area (Å²) in [4.78, 5) is 14.9. The van der Waals surface area contributed by atoms with E-state index in [2.05, 4.69) is 14.8 Å². The molecular weight excluding hydrogens is 253 g/mol. The first-order valence-electron chi connectivity index (χ1n) is 4.64. The molecule has 2 aromatic heterocycles. The lowest BCUT2D eigenvalue weighted by Crippen LogP contribution is -2.12. The van der Waals surface area contributed by atoms with Crippen molar-refractivity contribution in [1.82, 2.24) is 14.6 Å². The number of alkyl halides is 3. The third-order valence-corrected chi connectivity index (χ3v) is 2.22. The number of esters is 1. The summed E-state index contributed by atoms with van der Waals surface area (Å²) in [6.45, 7) is 0. The van der Waals surface area contributed by atoms with Crippen LogP contribution in [-0.4, -0.2) is 27.7 Å². The third kappa shape index (κ3) is 1.83. The second-order valence-corrected chi connectivity index (χ2v) is 3.35. The van der Waals surface area contributed by atoms with Crippen molar-refractivity contribution in [2.75, 3.05) is 12.8 Å². The second-order valence-electron chi connectivity index (χ2n) is 3.35. The number of methoxy groups -OCH3 is 1. The Balaban J connectivity index is 2.64. The average Bonchev–Trinajstić information content (AvgIpc) is 2.73. The number of aromatic nitrogens is 3. The number of carbonyl (C=O) groups is 1. The first-order chi connectivity index (χ1) is 8.34. The highest BCUT2D eigenvalue weighted by molar-refractivity contribution is 5.94. The summed E-state index contributed by atoms with van der Waals surface area (Å²) in [6.07, 6.45) is -3.57. The molecule has 2 aromatic rings. The van der Waals surface area contributed by atoms with E-state index in [1.807, 2.05) is 0 Å². The molecule has 18 heavy (non-hydrogen) atoms. The SMILES string of the molecule is COC(=O)c1cnc2cc(C(F)(F)F)nn2c1N. The summed E-state index contributed by atoms with van der Waals surface area (Å²) in [7, 11) is 1.12. The number of carbonyl (C=O) groups excluding carboxylic acids is 1. The van der Waals surface area contributed by atoms with E-state index < -0.39 is 17.8 Å². The molecule has 9 heteroatoms. The van der Waals surface area contributed by atoms with Gasteiger partial charge in [-0.15, -0.1) is 0 Å². The van der Waals surface area contributed by atoms with Crippen molar-refractivity contribution in [3.05, 3.63) is 23.5 Å². The summed E-state index contributed by atoms with van der Waals surface area (Å²) in [5, 5.41) is 3.26. The van der Waals surface area contributed by atoms with Gasteiger partial charge in [-0.3, -0.25) is 0 Å². The minimum absolute atomic E-state index is 0.104. The molecule has 0 radical (unpaired) electrons. The van der Waals surface area contributed by atoms with E-state index in [-0.39, 0.29) is 17.0 Å². The number of anilines is 1. The van der Waals surface area contributed by atoms with E-state index in [1.165, 1.54) is 0 Å². The predicted molar refractivity (Wildman–Crippen MR) is 53.7 cm³/mol. The lowest BCUT2D eigenvalue weighted by molar-refractivity contribution is -0.141. The van der Waals surface area contributed by atoms with Gasteiger partial charge in [0.1, 0.15) is 11.4 Å². The van der Waals surface area contributed by atoms with E-state index >= 15 is 0 Å². The number of nitrogens with two attached hydrogens (primary N) is 1. The Morgan fingerprint density at radius 2 is 2.17 bits per heavy atom. The third-order valence-electron chi connectivity index (χ3n) is 2.22. The maximum atomic E-state index is 12.4. The van der Waals surface area contributed by atoms with Crippen LogP contribution in [0.3, 0.4) is 0 Å². The van der Waals surface area contributed by atoms with Crippen LogP contribution >= 0.6 is 0 Å². The Labute approximate surface area is 98.2 Å². The normalized spacial score (nSPS) is 11.8. The number of hydrogen-bond acceptors (Lipinski definition) is 5. The molecule has 0 aliphatic rings. The molecule has 0 fully saturated rings. The fraction of sp³-hybridized carbons (Fsp3) is 0.222. The first-order valence-corrected chi connectivity index (χ1v) is 4.64. The molecule has 2 rings (SSSR count). The maximum absolute atomic E-state index is 12.4. The van der Waals surface area contributed by atoms with Gasteiger partial charge in [0, 0.05) is 12.3 Å². The summed E-state index contributed by atoms with van der Waals surface area (Å²) >= 11 is 0. The van der Waals surface area contributed by atoms with Gasteiger partial charge in [0.2, 0.25) is 0 Å². The quantitative estimate of drug-likeness (QED) is 0.777. The van der Waals surface area contributed by atoms with Crippen molar-refractivity contribution in [2.45, 2.75) is 6.18 Å². The molecule has 0 aliphatic carbocycles. The van der Waals surface area contributed by atoms with Gasteiger partial charge in [-0.2, -0.15) is 22.8 Å². The van der Waals surface area contributed by atoms with Crippen molar-refractivity contribution in [3.8, 4) is 0 Å². The first kappa shape index (κ1) is 12.1. The van der Waals surface area contributed by atoms with Crippen LogP contribution in [0.2, 0.25) is 0 Å². The van der Waals surface area contributed by atoms with Gasteiger partial charge >= 0.3 is 12.1 Å². The van der Waals surface area contributed by atoms with Crippen molar-refractivity contribution < 1.29 is 22.7 Å². The number of nitrogens with zero attached hydrogens (tertiary/aromatic N) is 3. The van der Waals surface area contributed by atoms with E-state index in [9.17, 15) is 18.0 Å². The minimum atomic E-state index is -4.61. The standard InChI is InChI=1S/C9H7F3N4O2/c1-18-8(17)4-3-14-6-2-5(9(10,11)12)15-16(6)7(4)13/h2-3H,13H2,1H3. The van der Waals surface area contributed by atoms with Crippen LogP contribution in [0.1, 0.15) is 16.1 Å². The molecule has 0 unspecified atom stereocenters. The van der Waals surface area contributed by atoms with Crippen molar-refractivity contribution >= 4 is 17.4 Å². The summed E-state index contributed by atoms with van der Waals surface area (Å²) in [6, 6.07) is 0.734. The van der Waals surface area contributed by atoms with Crippen LogP contribution in [0, 0.1) is 0 Å². The Morgan fingerprint density at radius 1 is 1.50 bits per heavy atom. The molecule has 0 saturated carbocycles. The summed E-state index contributed by atoms with van der Waals surface area (Å²) in [5.41, 5.74) is 4.15. The molecular formula is C9H7F3N4O2. The van der Waals surface area contributed by atoms with E-state index in [4.69, 9.17) is 5.73 Å². The van der Waals surface area contributed by atoms with Gasteiger partial charge < -0.3 is 10.5 Å². The zero-order valence-corrected chi connectivity index (χ0v) is 9.02. The lowest BCUT2D eigenvalue weighted by atomic mass is 10.3. The predicted octanol–water partition coefficient (Wildman–Crippen LogP) is 1.12. The van der Waals surface area contributed by atoms with Crippen LogP contribution in [-0.2, 0) is 10.9 Å². The van der Waals surface area contributed by atoms with Crippen LogP contribution in [0.5, 0.6) is 0 Å². The van der Waals surface area contributed by atoms with Crippen molar-refractivity contribution in [3.63, 3.8) is 0 Å². The minimum Gasteiger partial charge on any atom is -0.465 e. The number of ether oxygens (including phenoxy) is 1. The van der Waals surface area contributed by atoms with Gasteiger partial charge in [-0.25, -0.2) is 9.78 Å². The topological polar surface area (TPSA) is 82.5 Å². The number of nitrogen functional groups attached to an aromatic ring is 1. The highest BCUT2D eigenvalue weighted by atomic mass is 19.4. The fourth-order valence-electron chi connectivity index (χ4n) is 1.36. The molecule has 0 aliphatic heterocycles. The maximum Gasteiger partial charge on any atom is 0.435 e. The van der Waals surface area contributed by atoms with Crippen molar-refractivity contribution in [2.24, 2.45) is 0 Å². The van der Waals surface area contributed by atoms with Gasteiger partial charge in [0.15, 0.2) is 11.3 Å².